The average molecular weight is 217 g/mol. The maximum atomic E-state index is 3.61. The Hall–Kier alpha value is -0.980. The first kappa shape index (κ1) is 11.5. The van der Waals surface area contributed by atoms with Crippen LogP contribution < -0.4 is 5.32 Å². The normalized spacial score (nSPS) is 19.2. The van der Waals surface area contributed by atoms with E-state index in [1.54, 1.807) is 0 Å². The summed E-state index contributed by atoms with van der Waals surface area (Å²) in [5.74, 6) is 0. The lowest BCUT2D eigenvalue weighted by Crippen LogP contribution is -2.24. The highest BCUT2D eigenvalue weighted by Crippen LogP contribution is 2.48. The molecule has 1 saturated carbocycles. The number of anilines is 1. The number of rotatable bonds is 5. The molecule has 88 valence electrons. The van der Waals surface area contributed by atoms with Crippen LogP contribution in [0, 0.1) is 5.41 Å². The quantitative estimate of drug-likeness (QED) is 0.778. The molecule has 0 radical (unpaired) electrons. The summed E-state index contributed by atoms with van der Waals surface area (Å²) in [6.45, 7) is 6.89. The molecule has 2 rings (SSSR count). The zero-order valence-electron chi connectivity index (χ0n) is 10.7. The summed E-state index contributed by atoms with van der Waals surface area (Å²) < 4.78 is 0. The zero-order chi connectivity index (χ0) is 11.6. The SMILES string of the molecule is CCCc1ccc(NC(C)C2(C)CC2)cc1. The van der Waals surface area contributed by atoms with Gasteiger partial charge in [0.2, 0.25) is 0 Å². The van der Waals surface area contributed by atoms with Gasteiger partial charge in [-0.05, 0) is 49.3 Å². The van der Waals surface area contributed by atoms with Gasteiger partial charge in [0.25, 0.3) is 0 Å². The summed E-state index contributed by atoms with van der Waals surface area (Å²) in [7, 11) is 0. The molecule has 1 fully saturated rings. The summed E-state index contributed by atoms with van der Waals surface area (Å²) in [4.78, 5) is 0. The highest BCUT2D eigenvalue weighted by atomic mass is 14.9. The van der Waals surface area contributed by atoms with Gasteiger partial charge in [0, 0.05) is 11.7 Å². The largest absolute Gasteiger partial charge is 0.382 e. The first-order valence-electron chi connectivity index (χ1n) is 6.49. The van der Waals surface area contributed by atoms with Crippen molar-refractivity contribution in [3.8, 4) is 0 Å². The van der Waals surface area contributed by atoms with Gasteiger partial charge in [-0.1, -0.05) is 32.4 Å². The summed E-state index contributed by atoms with van der Waals surface area (Å²) in [6, 6.07) is 9.51. The zero-order valence-corrected chi connectivity index (χ0v) is 10.7. The van der Waals surface area contributed by atoms with Crippen molar-refractivity contribution in [2.75, 3.05) is 5.32 Å². The maximum Gasteiger partial charge on any atom is 0.0342 e. The molecule has 0 amide bonds. The topological polar surface area (TPSA) is 12.0 Å². The molecule has 0 spiro atoms. The minimum Gasteiger partial charge on any atom is -0.382 e. The molecule has 0 bridgehead atoms. The molecule has 0 heterocycles. The van der Waals surface area contributed by atoms with Crippen molar-refractivity contribution in [1.29, 1.82) is 0 Å². The van der Waals surface area contributed by atoms with Gasteiger partial charge in [0.15, 0.2) is 0 Å². The second kappa shape index (κ2) is 4.48. The van der Waals surface area contributed by atoms with Gasteiger partial charge in [-0.25, -0.2) is 0 Å². The molecule has 16 heavy (non-hydrogen) atoms. The van der Waals surface area contributed by atoms with Crippen LogP contribution >= 0.6 is 0 Å². The minimum absolute atomic E-state index is 0.544. The molecule has 1 nitrogen and oxygen atoms in total. The third-order valence-corrected chi connectivity index (χ3v) is 3.96. The number of nitrogens with one attached hydrogen (secondary N) is 1. The Morgan fingerprint density at radius 3 is 2.38 bits per heavy atom. The van der Waals surface area contributed by atoms with E-state index in [0.717, 1.165) is 0 Å². The first-order chi connectivity index (χ1) is 7.64. The van der Waals surface area contributed by atoms with Crippen LogP contribution in [0.4, 0.5) is 5.69 Å². The summed E-state index contributed by atoms with van der Waals surface area (Å²) in [5.41, 5.74) is 3.25. The van der Waals surface area contributed by atoms with E-state index in [0.29, 0.717) is 11.5 Å². The second-order valence-electron chi connectivity index (χ2n) is 5.47. The molecule has 1 unspecified atom stereocenters. The molecule has 1 aliphatic carbocycles. The van der Waals surface area contributed by atoms with Crippen molar-refractivity contribution in [2.45, 2.75) is 52.5 Å². The van der Waals surface area contributed by atoms with Gasteiger partial charge in [0.1, 0.15) is 0 Å². The monoisotopic (exact) mass is 217 g/mol. The van der Waals surface area contributed by atoms with Crippen molar-refractivity contribution in [3.05, 3.63) is 29.8 Å². The number of hydrogen-bond donors (Lipinski definition) is 1. The van der Waals surface area contributed by atoms with E-state index >= 15 is 0 Å². The lowest BCUT2D eigenvalue weighted by molar-refractivity contribution is 0.493. The van der Waals surface area contributed by atoms with Gasteiger partial charge in [0.05, 0.1) is 0 Å². The lowest BCUT2D eigenvalue weighted by Gasteiger charge is -2.21. The number of aryl methyl sites for hydroxylation is 1. The van der Waals surface area contributed by atoms with E-state index in [9.17, 15) is 0 Å². The average Bonchev–Trinajstić information content (AvgIpc) is 3.01. The van der Waals surface area contributed by atoms with Gasteiger partial charge in [-0.2, -0.15) is 0 Å². The standard InChI is InChI=1S/C15H23N/c1-4-5-13-6-8-14(9-7-13)16-12(2)15(3)10-11-15/h6-9,12,16H,4-5,10-11H2,1-3H3. The molecule has 1 heteroatoms. The number of benzene rings is 1. The van der Waals surface area contributed by atoms with Crippen LogP contribution in [0.2, 0.25) is 0 Å². The fourth-order valence-electron chi connectivity index (χ4n) is 2.11. The van der Waals surface area contributed by atoms with E-state index in [1.807, 2.05) is 0 Å². The molecular weight excluding hydrogens is 194 g/mol. The third kappa shape index (κ3) is 2.58. The van der Waals surface area contributed by atoms with Crippen molar-refractivity contribution >= 4 is 5.69 Å². The van der Waals surface area contributed by atoms with Crippen LogP contribution in [0.5, 0.6) is 0 Å². The van der Waals surface area contributed by atoms with Gasteiger partial charge < -0.3 is 5.32 Å². The molecule has 0 aromatic heterocycles. The van der Waals surface area contributed by atoms with Gasteiger partial charge >= 0.3 is 0 Å². The van der Waals surface area contributed by atoms with Crippen LogP contribution in [0.15, 0.2) is 24.3 Å². The fraction of sp³-hybridized carbons (Fsp3) is 0.600. The molecule has 0 saturated heterocycles. The molecular formula is C15H23N. The summed E-state index contributed by atoms with van der Waals surface area (Å²) in [5, 5.41) is 3.61. The van der Waals surface area contributed by atoms with Crippen LogP contribution in [0.3, 0.4) is 0 Å². The van der Waals surface area contributed by atoms with E-state index in [-0.39, 0.29) is 0 Å². The molecule has 1 aromatic rings. The Kier molecular flexibility index (Phi) is 3.22. The fourth-order valence-corrected chi connectivity index (χ4v) is 2.11. The van der Waals surface area contributed by atoms with E-state index in [1.165, 1.54) is 36.9 Å². The predicted molar refractivity (Wildman–Crippen MR) is 70.9 cm³/mol. The molecule has 0 aliphatic heterocycles. The Bertz CT molecular complexity index is 335. The van der Waals surface area contributed by atoms with Crippen molar-refractivity contribution in [1.82, 2.24) is 0 Å². The van der Waals surface area contributed by atoms with Gasteiger partial charge in [-0.15, -0.1) is 0 Å². The van der Waals surface area contributed by atoms with Crippen LogP contribution in [0.25, 0.3) is 0 Å². The van der Waals surface area contributed by atoms with Crippen LogP contribution in [0.1, 0.15) is 45.6 Å². The summed E-state index contributed by atoms with van der Waals surface area (Å²) in [6.07, 6.45) is 5.15. The summed E-state index contributed by atoms with van der Waals surface area (Å²) >= 11 is 0. The maximum absolute atomic E-state index is 3.61. The van der Waals surface area contributed by atoms with Crippen molar-refractivity contribution in [3.63, 3.8) is 0 Å². The highest BCUT2D eigenvalue weighted by Gasteiger charge is 2.42. The van der Waals surface area contributed by atoms with E-state index < -0.39 is 0 Å². The van der Waals surface area contributed by atoms with Crippen molar-refractivity contribution in [2.24, 2.45) is 5.41 Å². The third-order valence-electron chi connectivity index (χ3n) is 3.96. The van der Waals surface area contributed by atoms with E-state index in [2.05, 4.69) is 50.4 Å². The minimum atomic E-state index is 0.544. The smallest absolute Gasteiger partial charge is 0.0342 e. The second-order valence-corrected chi connectivity index (χ2v) is 5.47. The Labute approximate surface area is 99.3 Å². The first-order valence-corrected chi connectivity index (χ1v) is 6.49. The Morgan fingerprint density at radius 1 is 1.25 bits per heavy atom. The lowest BCUT2D eigenvalue weighted by atomic mass is 10.0. The van der Waals surface area contributed by atoms with Gasteiger partial charge in [-0.3, -0.25) is 0 Å². The predicted octanol–water partition coefficient (Wildman–Crippen LogP) is 4.24. The van der Waals surface area contributed by atoms with Crippen LogP contribution in [-0.2, 0) is 6.42 Å². The molecule has 1 atom stereocenters. The Morgan fingerprint density at radius 2 is 1.88 bits per heavy atom. The molecule has 1 N–H and O–H groups in total. The number of hydrogen-bond acceptors (Lipinski definition) is 1. The Balaban J connectivity index is 1.94. The molecule has 1 aliphatic rings. The van der Waals surface area contributed by atoms with Crippen LogP contribution in [-0.4, -0.2) is 6.04 Å². The molecule has 1 aromatic carbocycles. The van der Waals surface area contributed by atoms with E-state index in [4.69, 9.17) is 0 Å². The van der Waals surface area contributed by atoms with Crippen molar-refractivity contribution < 1.29 is 0 Å². The highest BCUT2D eigenvalue weighted by molar-refractivity contribution is 5.46.